The highest BCUT2D eigenvalue weighted by Gasteiger charge is 2.36. The number of halogens is 1. The van der Waals surface area contributed by atoms with Crippen molar-refractivity contribution in [3.63, 3.8) is 0 Å². The van der Waals surface area contributed by atoms with Gasteiger partial charge in [0.2, 0.25) is 5.13 Å². The molecule has 0 N–H and O–H groups in total. The number of nitrogens with zero attached hydrogens (tertiary/aromatic N) is 7. The second-order valence-electron chi connectivity index (χ2n) is 6.73. The SMILES string of the molecule is CC1=NN(c2nc(-c3cccc([N+](=O)[O-])c3)cs2)C(=O)C1N=Nc1ccc([N+](=O)[O-])cc1Br. The quantitative estimate of drug-likeness (QED) is 0.240. The number of anilines is 1. The summed E-state index contributed by atoms with van der Waals surface area (Å²) in [7, 11) is 0. The molecule has 166 valence electrons. The van der Waals surface area contributed by atoms with E-state index in [9.17, 15) is 25.0 Å². The number of nitro benzene ring substituents is 2. The molecule has 1 unspecified atom stereocenters. The van der Waals surface area contributed by atoms with Crippen molar-refractivity contribution in [1.29, 1.82) is 0 Å². The van der Waals surface area contributed by atoms with Crippen molar-refractivity contribution < 1.29 is 14.6 Å². The van der Waals surface area contributed by atoms with Crippen LogP contribution in [0.4, 0.5) is 22.2 Å². The maximum atomic E-state index is 12.9. The minimum Gasteiger partial charge on any atom is -0.269 e. The summed E-state index contributed by atoms with van der Waals surface area (Å²) in [5, 5.41) is 37.3. The Labute approximate surface area is 197 Å². The van der Waals surface area contributed by atoms with Crippen LogP contribution in [0.3, 0.4) is 0 Å². The molecule has 0 fully saturated rings. The number of carbonyl (C=O) groups is 1. The fraction of sp³-hybridized carbons (Fsp3) is 0.105. The number of hydrazone groups is 1. The van der Waals surface area contributed by atoms with Crippen molar-refractivity contribution >= 4 is 61.1 Å². The molecule has 0 aliphatic carbocycles. The normalized spacial score (nSPS) is 15.8. The van der Waals surface area contributed by atoms with Gasteiger partial charge in [-0.2, -0.15) is 20.3 Å². The summed E-state index contributed by atoms with van der Waals surface area (Å²) in [6, 6.07) is 9.05. The lowest BCUT2D eigenvalue weighted by molar-refractivity contribution is -0.385. The van der Waals surface area contributed by atoms with Gasteiger partial charge >= 0.3 is 0 Å². The zero-order valence-electron chi connectivity index (χ0n) is 16.7. The largest absolute Gasteiger partial charge is 0.282 e. The van der Waals surface area contributed by atoms with Crippen LogP contribution in [-0.2, 0) is 4.79 Å². The number of aromatic nitrogens is 1. The molecule has 1 aromatic heterocycles. The van der Waals surface area contributed by atoms with Crippen molar-refractivity contribution in [2.24, 2.45) is 15.3 Å². The Morgan fingerprint density at radius 3 is 2.55 bits per heavy atom. The van der Waals surface area contributed by atoms with Crippen LogP contribution in [0, 0.1) is 20.2 Å². The maximum Gasteiger partial charge on any atom is 0.282 e. The number of rotatable bonds is 6. The van der Waals surface area contributed by atoms with Crippen molar-refractivity contribution in [3.05, 3.63) is 72.5 Å². The van der Waals surface area contributed by atoms with E-state index in [1.54, 1.807) is 24.4 Å². The number of hydrogen-bond donors (Lipinski definition) is 0. The Hall–Kier alpha value is -3.91. The van der Waals surface area contributed by atoms with Crippen molar-refractivity contribution in [1.82, 2.24) is 4.98 Å². The Morgan fingerprint density at radius 1 is 1.12 bits per heavy atom. The van der Waals surface area contributed by atoms with E-state index in [4.69, 9.17) is 0 Å². The molecule has 0 radical (unpaired) electrons. The van der Waals surface area contributed by atoms with Gasteiger partial charge in [-0.25, -0.2) is 4.98 Å². The van der Waals surface area contributed by atoms with Crippen LogP contribution in [-0.4, -0.2) is 32.5 Å². The second kappa shape index (κ2) is 8.91. The van der Waals surface area contributed by atoms with E-state index in [0.717, 1.165) is 16.3 Å². The third kappa shape index (κ3) is 4.51. The second-order valence-corrected chi connectivity index (χ2v) is 8.42. The van der Waals surface area contributed by atoms with Crippen molar-refractivity contribution in [2.75, 3.05) is 5.01 Å². The Kier molecular flexibility index (Phi) is 6.02. The topological polar surface area (TPSA) is 157 Å². The summed E-state index contributed by atoms with van der Waals surface area (Å²) >= 11 is 4.37. The molecular weight excluding hydrogens is 518 g/mol. The monoisotopic (exact) mass is 529 g/mol. The van der Waals surface area contributed by atoms with E-state index in [0.29, 0.717) is 27.1 Å². The molecule has 0 spiro atoms. The van der Waals surface area contributed by atoms with Gasteiger partial charge in [0.05, 0.1) is 31.4 Å². The molecule has 2 heterocycles. The average Bonchev–Trinajstić information content (AvgIpc) is 3.38. The Morgan fingerprint density at radius 2 is 1.85 bits per heavy atom. The van der Waals surface area contributed by atoms with Gasteiger partial charge in [0.1, 0.15) is 0 Å². The first-order chi connectivity index (χ1) is 15.7. The number of thiazole rings is 1. The fourth-order valence-electron chi connectivity index (χ4n) is 2.91. The molecular formula is C19H12BrN7O5S. The molecule has 1 aliphatic heterocycles. The fourth-order valence-corrected chi connectivity index (χ4v) is 4.14. The van der Waals surface area contributed by atoms with E-state index < -0.39 is 21.8 Å². The Balaban J connectivity index is 1.54. The highest BCUT2D eigenvalue weighted by Crippen LogP contribution is 2.33. The molecule has 33 heavy (non-hydrogen) atoms. The first-order valence-corrected chi connectivity index (χ1v) is 10.9. The lowest BCUT2D eigenvalue weighted by Gasteiger charge is -2.08. The molecule has 12 nitrogen and oxygen atoms in total. The van der Waals surface area contributed by atoms with Gasteiger partial charge < -0.3 is 0 Å². The third-order valence-electron chi connectivity index (χ3n) is 4.55. The summed E-state index contributed by atoms with van der Waals surface area (Å²) in [6.07, 6.45) is 0. The number of amides is 1. The number of carbonyl (C=O) groups excluding carboxylic acids is 1. The maximum absolute atomic E-state index is 12.9. The third-order valence-corrected chi connectivity index (χ3v) is 6.00. The minimum absolute atomic E-state index is 0.0638. The Bertz CT molecular complexity index is 1360. The molecule has 0 saturated heterocycles. The van der Waals surface area contributed by atoms with Gasteiger partial charge in [-0.3, -0.25) is 25.0 Å². The van der Waals surface area contributed by atoms with Gasteiger partial charge in [-0.1, -0.05) is 12.1 Å². The standard InChI is InChI=1S/C19H12BrN7O5S/c1-10-17(23-22-15-6-5-13(27(31)32)8-14(15)20)18(28)25(24-10)19-21-16(9-33-19)11-3-2-4-12(7-11)26(29)30/h2-9,17H,1H3. The predicted octanol–water partition coefficient (Wildman–Crippen LogP) is 5.26. The molecule has 4 rings (SSSR count). The molecule has 3 aromatic rings. The highest BCUT2D eigenvalue weighted by molar-refractivity contribution is 9.10. The molecule has 1 aliphatic rings. The summed E-state index contributed by atoms with van der Waals surface area (Å²) in [6.45, 7) is 1.63. The van der Waals surface area contributed by atoms with E-state index in [1.807, 2.05) is 0 Å². The predicted molar refractivity (Wildman–Crippen MR) is 124 cm³/mol. The van der Waals surface area contributed by atoms with Crippen LogP contribution in [0.25, 0.3) is 11.3 Å². The van der Waals surface area contributed by atoms with Gasteiger partial charge in [0, 0.05) is 35.2 Å². The van der Waals surface area contributed by atoms with Crippen LogP contribution < -0.4 is 5.01 Å². The molecule has 14 heteroatoms. The molecule has 0 saturated carbocycles. The van der Waals surface area contributed by atoms with Crippen LogP contribution >= 0.6 is 27.3 Å². The first-order valence-electron chi connectivity index (χ1n) is 9.19. The van der Waals surface area contributed by atoms with Crippen LogP contribution in [0.1, 0.15) is 6.92 Å². The zero-order valence-corrected chi connectivity index (χ0v) is 19.1. The summed E-state index contributed by atoms with van der Waals surface area (Å²) in [5.74, 6) is -0.464. The van der Waals surface area contributed by atoms with Gasteiger partial charge in [-0.15, -0.1) is 11.3 Å². The lowest BCUT2D eigenvalue weighted by atomic mass is 10.1. The number of azo groups is 1. The van der Waals surface area contributed by atoms with E-state index in [2.05, 4.69) is 36.2 Å². The lowest BCUT2D eigenvalue weighted by Crippen LogP contribution is -2.29. The smallest absolute Gasteiger partial charge is 0.269 e. The van der Waals surface area contributed by atoms with E-state index in [-0.39, 0.29) is 16.5 Å². The minimum atomic E-state index is -0.975. The van der Waals surface area contributed by atoms with Crippen molar-refractivity contribution in [2.45, 2.75) is 13.0 Å². The number of non-ortho nitro benzene ring substituents is 2. The average molecular weight is 530 g/mol. The summed E-state index contributed by atoms with van der Waals surface area (Å²) in [5.41, 5.74) is 1.56. The number of hydrogen-bond acceptors (Lipinski definition) is 10. The van der Waals surface area contributed by atoms with Gasteiger partial charge in [-0.05, 0) is 28.9 Å². The highest BCUT2D eigenvalue weighted by atomic mass is 79.9. The zero-order chi connectivity index (χ0) is 23.7. The number of benzene rings is 2. The van der Waals surface area contributed by atoms with Crippen molar-refractivity contribution in [3.8, 4) is 11.3 Å². The van der Waals surface area contributed by atoms with Gasteiger partial charge in [0.15, 0.2) is 6.04 Å². The van der Waals surface area contributed by atoms with Gasteiger partial charge in [0.25, 0.3) is 17.3 Å². The van der Waals surface area contributed by atoms with Crippen LogP contribution in [0.15, 0.2) is 67.6 Å². The first kappa shape index (κ1) is 22.3. The molecule has 1 amide bonds. The number of nitro groups is 2. The molecule has 1 atom stereocenters. The van der Waals surface area contributed by atoms with Crippen LogP contribution in [0.2, 0.25) is 0 Å². The molecule has 2 aromatic carbocycles. The van der Waals surface area contributed by atoms with E-state index >= 15 is 0 Å². The molecule has 0 bridgehead atoms. The summed E-state index contributed by atoms with van der Waals surface area (Å²) < 4.78 is 0.360. The summed E-state index contributed by atoms with van der Waals surface area (Å²) in [4.78, 5) is 38.1. The van der Waals surface area contributed by atoms with Crippen LogP contribution in [0.5, 0.6) is 0 Å². The van der Waals surface area contributed by atoms with E-state index in [1.165, 1.54) is 30.3 Å².